The molecule has 2 aliphatic rings. The lowest BCUT2D eigenvalue weighted by molar-refractivity contribution is -0.136. The second kappa shape index (κ2) is 17.7. The molecule has 2 aliphatic heterocycles. The molecule has 284 valence electrons. The summed E-state index contributed by atoms with van der Waals surface area (Å²) in [7, 11) is 0. The molecule has 6 rings (SSSR count). The van der Waals surface area contributed by atoms with Crippen molar-refractivity contribution in [3.63, 3.8) is 0 Å². The number of fused-ring (bicyclic) bond motifs is 2. The van der Waals surface area contributed by atoms with E-state index in [4.69, 9.17) is 30.4 Å². The van der Waals surface area contributed by atoms with Gasteiger partial charge in [-0.1, -0.05) is 12.1 Å². The summed E-state index contributed by atoms with van der Waals surface area (Å²) in [6, 6.07) is 11.5. The summed E-state index contributed by atoms with van der Waals surface area (Å²) < 4.78 is 24.5. The summed E-state index contributed by atoms with van der Waals surface area (Å²) in [5, 5.41) is 16.6. The zero-order valence-corrected chi connectivity index (χ0v) is 29.2. The predicted octanol–water partition coefficient (Wildman–Crippen LogP) is 0.831. The third-order valence-electron chi connectivity index (χ3n) is 8.63. The first-order valence-electron chi connectivity index (χ1n) is 17.3. The topological polar surface area (TPSA) is 257 Å². The van der Waals surface area contributed by atoms with Crippen LogP contribution >= 0.6 is 0 Å². The van der Waals surface area contributed by atoms with Crippen molar-refractivity contribution in [2.24, 2.45) is 5.73 Å². The predicted molar refractivity (Wildman–Crippen MR) is 193 cm³/mol. The van der Waals surface area contributed by atoms with Crippen LogP contribution in [0.25, 0.3) is 10.9 Å². The summed E-state index contributed by atoms with van der Waals surface area (Å²) in [6.45, 7) is 4.10. The number of rotatable bonds is 20. The Kier molecular flexibility index (Phi) is 12.3. The number of amides is 5. The number of primary amides is 1. The summed E-state index contributed by atoms with van der Waals surface area (Å²) >= 11 is 0. The number of carbonyl (C=O) groups excluding carboxylic acids is 5. The highest BCUT2D eigenvalue weighted by molar-refractivity contribution is 6.25. The van der Waals surface area contributed by atoms with E-state index >= 15 is 0 Å². The van der Waals surface area contributed by atoms with Crippen molar-refractivity contribution in [2.45, 2.75) is 25.4 Å². The van der Waals surface area contributed by atoms with Crippen molar-refractivity contribution in [1.82, 2.24) is 30.0 Å². The Bertz CT molecular complexity index is 2040. The molecule has 1 unspecified atom stereocenters. The number of nitrogens with two attached hydrogens (primary N) is 2. The lowest BCUT2D eigenvalue weighted by Gasteiger charge is -2.27. The molecular weight excluding hydrogens is 704 g/mol. The first-order valence-corrected chi connectivity index (χ1v) is 17.3. The molecule has 0 radical (unpaired) electrons. The Morgan fingerprint density at radius 3 is 2.26 bits per heavy atom. The minimum absolute atomic E-state index is 0.0576. The van der Waals surface area contributed by atoms with Crippen LogP contribution in [0.5, 0.6) is 0 Å². The number of hydrogen-bond donors (Lipinski definition) is 5. The smallest absolute Gasteiger partial charge is 0.273 e. The summed E-state index contributed by atoms with van der Waals surface area (Å²) in [4.78, 5) is 66.8. The molecule has 2 aromatic carbocycles. The normalized spacial score (nSPS) is 15.5. The van der Waals surface area contributed by atoms with Crippen LogP contribution in [-0.4, -0.2) is 120 Å². The number of nitrogen functional groups attached to an aromatic ring is 1. The molecule has 0 bridgehead atoms. The molecule has 1 saturated heterocycles. The van der Waals surface area contributed by atoms with E-state index in [0.717, 1.165) is 15.8 Å². The number of ether oxygens (including phenoxy) is 4. The van der Waals surface area contributed by atoms with Gasteiger partial charge in [-0.3, -0.25) is 34.2 Å². The first-order chi connectivity index (χ1) is 26.2. The molecule has 1 atom stereocenters. The molecule has 0 saturated carbocycles. The van der Waals surface area contributed by atoms with Gasteiger partial charge in [0.2, 0.25) is 17.8 Å². The fourth-order valence-corrected chi connectivity index (χ4v) is 6.09. The van der Waals surface area contributed by atoms with Crippen LogP contribution in [0.3, 0.4) is 0 Å². The number of carbonyl (C=O) groups is 5. The zero-order valence-electron chi connectivity index (χ0n) is 29.2. The van der Waals surface area contributed by atoms with Gasteiger partial charge in [0.15, 0.2) is 11.5 Å². The Morgan fingerprint density at radius 1 is 0.852 bits per heavy atom. The number of nitrogens with one attached hydrogen (secondary N) is 3. The van der Waals surface area contributed by atoms with E-state index in [9.17, 15) is 24.0 Å². The Labute approximate surface area is 308 Å². The number of piperidine rings is 1. The van der Waals surface area contributed by atoms with Crippen molar-refractivity contribution in [2.75, 3.05) is 75.8 Å². The SMILES string of the molecule is NC(=O)c1nnc(N)nc1Nc1cccc2c1ccn2CCOCCOCCOCCOCCNc1cccc2c1C(=O)N(C1CCC(=O)NC1=O)C2=O. The number of aromatic nitrogens is 4. The average molecular weight is 745 g/mol. The Hall–Kier alpha value is -6.02. The van der Waals surface area contributed by atoms with Crippen LogP contribution in [0.4, 0.5) is 23.1 Å². The number of nitrogens with zero attached hydrogens (tertiary/aromatic N) is 5. The second-order valence-electron chi connectivity index (χ2n) is 12.2. The standard InChI is InChI=1S/C35H40N10O9/c36-30(47)29-31(41-35(37)43-42-29)39-23-4-2-6-25-21(23)9-11-44(25)12-14-52-16-18-54-20-19-53-17-15-51-13-10-38-24-5-1-3-22-28(24)34(50)45(33(22)49)26-7-8-27(46)40-32(26)48/h1-6,9,11,26,38H,7-8,10,12-20H2,(H2,36,47)(H,40,46,48)(H3,37,39,41,43). The van der Waals surface area contributed by atoms with E-state index in [0.29, 0.717) is 77.3 Å². The van der Waals surface area contributed by atoms with E-state index in [1.165, 1.54) is 0 Å². The van der Waals surface area contributed by atoms with Crippen LogP contribution in [0.1, 0.15) is 44.0 Å². The van der Waals surface area contributed by atoms with Crippen LogP contribution in [-0.2, 0) is 35.1 Å². The number of benzene rings is 2. The van der Waals surface area contributed by atoms with Gasteiger partial charge in [0.05, 0.1) is 69.5 Å². The van der Waals surface area contributed by atoms with E-state index in [1.54, 1.807) is 18.2 Å². The highest BCUT2D eigenvalue weighted by Crippen LogP contribution is 2.32. The molecule has 19 heteroatoms. The van der Waals surface area contributed by atoms with Gasteiger partial charge in [0, 0.05) is 42.5 Å². The van der Waals surface area contributed by atoms with E-state index in [1.807, 2.05) is 35.0 Å². The Balaban J connectivity index is 0.811. The summed E-state index contributed by atoms with van der Waals surface area (Å²) in [6.07, 6.45) is 2.09. The quantitative estimate of drug-likeness (QED) is 0.0620. The van der Waals surface area contributed by atoms with Gasteiger partial charge in [-0.25, -0.2) is 0 Å². The number of hydrogen-bond acceptors (Lipinski definition) is 15. The number of anilines is 4. The summed E-state index contributed by atoms with van der Waals surface area (Å²) in [5.74, 6) is -2.94. The molecule has 0 aliphatic carbocycles. The monoisotopic (exact) mass is 744 g/mol. The highest BCUT2D eigenvalue weighted by Gasteiger charge is 2.45. The van der Waals surface area contributed by atoms with Gasteiger partial charge >= 0.3 is 0 Å². The van der Waals surface area contributed by atoms with Gasteiger partial charge in [-0.05, 0) is 36.8 Å². The molecule has 4 aromatic rings. The Morgan fingerprint density at radius 2 is 1.54 bits per heavy atom. The molecule has 0 spiro atoms. The van der Waals surface area contributed by atoms with Crippen molar-refractivity contribution < 1.29 is 42.9 Å². The maximum atomic E-state index is 13.2. The van der Waals surface area contributed by atoms with E-state index in [2.05, 4.69) is 31.1 Å². The van der Waals surface area contributed by atoms with Crippen molar-refractivity contribution in [3.05, 3.63) is 65.5 Å². The maximum Gasteiger partial charge on any atom is 0.273 e. The molecular formula is C35H40N10O9. The molecule has 54 heavy (non-hydrogen) atoms. The van der Waals surface area contributed by atoms with Gasteiger partial charge < -0.3 is 45.6 Å². The number of imide groups is 2. The van der Waals surface area contributed by atoms with Crippen LogP contribution in [0.2, 0.25) is 0 Å². The molecule has 2 aromatic heterocycles. The van der Waals surface area contributed by atoms with Gasteiger partial charge in [-0.2, -0.15) is 4.98 Å². The fraction of sp³-hybridized carbons (Fsp3) is 0.371. The maximum absolute atomic E-state index is 13.2. The molecule has 1 fully saturated rings. The highest BCUT2D eigenvalue weighted by atomic mass is 16.6. The molecule has 7 N–H and O–H groups in total. The van der Waals surface area contributed by atoms with Crippen LogP contribution in [0.15, 0.2) is 48.7 Å². The third-order valence-corrected chi connectivity index (χ3v) is 8.63. The minimum Gasteiger partial charge on any atom is -0.382 e. The summed E-state index contributed by atoms with van der Waals surface area (Å²) in [5.41, 5.74) is 13.5. The lowest BCUT2D eigenvalue weighted by Crippen LogP contribution is -2.54. The van der Waals surface area contributed by atoms with Crippen LogP contribution < -0.4 is 27.4 Å². The van der Waals surface area contributed by atoms with Gasteiger partial charge in [0.1, 0.15) is 6.04 Å². The third kappa shape index (κ3) is 8.77. The lowest BCUT2D eigenvalue weighted by atomic mass is 10.0. The molecule has 19 nitrogen and oxygen atoms in total. The van der Waals surface area contributed by atoms with E-state index in [-0.39, 0.29) is 41.4 Å². The average Bonchev–Trinajstić information content (AvgIpc) is 3.68. The molecule has 4 heterocycles. The fourth-order valence-electron chi connectivity index (χ4n) is 6.09. The largest absolute Gasteiger partial charge is 0.382 e. The second-order valence-corrected chi connectivity index (χ2v) is 12.2. The first kappa shape index (κ1) is 37.7. The van der Waals surface area contributed by atoms with E-state index < -0.39 is 35.6 Å². The van der Waals surface area contributed by atoms with Crippen molar-refractivity contribution in [3.8, 4) is 0 Å². The molecule has 5 amide bonds. The van der Waals surface area contributed by atoms with Crippen LogP contribution in [0, 0.1) is 0 Å². The van der Waals surface area contributed by atoms with Gasteiger partial charge in [-0.15, -0.1) is 10.2 Å². The minimum atomic E-state index is -1.02. The van der Waals surface area contributed by atoms with Crippen molar-refractivity contribution >= 4 is 63.6 Å². The van der Waals surface area contributed by atoms with Crippen molar-refractivity contribution in [1.29, 1.82) is 0 Å². The zero-order chi connectivity index (χ0) is 38.0. The van der Waals surface area contributed by atoms with Gasteiger partial charge in [0.25, 0.3) is 17.7 Å².